The molecule has 1 rings (SSSR count). The van der Waals surface area contributed by atoms with Gasteiger partial charge in [-0.05, 0) is 22.0 Å². The maximum atomic E-state index is 12.8. The van der Waals surface area contributed by atoms with E-state index in [0.717, 1.165) is 0 Å². The average molecular weight is 255 g/mol. The zero-order valence-electron chi connectivity index (χ0n) is 5.14. The Balaban J connectivity index is 3.31. The molecule has 11 heavy (non-hydrogen) atoms. The standard InChI is InChI=1S/C6H2BrClFNS/c7-6-4(8)1-3(10-11)2-5(6)9/h1-2H. The molecule has 0 heterocycles. The first-order valence-corrected chi connectivity index (χ1v) is 4.16. The molecule has 0 radical (unpaired) electrons. The Morgan fingerprint density at radius 2 is 2.18 bits per heavy atom. The van der Waals surface area contributed by atoms with Gasteiger partial charge >= 0.3 is 0 Å². The van der Waals surface area contributed by atoms with E-state index in [4.69, 9.17) is 11.6 Å². The zero-order chi connectivity index (χ0) is 8.43. The SMILES string of the molecule is Fc1cc(N=S)cc(Cl)c1Br. The van der Waals surface area contributed by atoms with Crippen LogP contribution in [0.2, 0.25) is 5.02 Å². The summed E-state index contributed by atoms with van der Waals surface area (Å²) in [6.07, 6.45) is 0. The summed E-state index contributed by atoms with van der Waals surface area (Å²) >= 11 is 12.9. The van der Waals surface area contributed by atoms with Gasteiger partial charge in [0.15, 0.2) is 0 Å². The molecule has 0 saturated carbocycles. The van der Waals surface area contributed by atoms with Crippen LogP contribution in [0, 0.1) is 5.82 Å². The summed E-state index contributed by atoms with van der Waals surface area (Å²) in [6, 6.07) is 2.70. The van der Waals surface area contributed by atoms with Gasteiger partial charge < -0.3 is 0 Å². The first-order valence-electron chi connectivity index (χ1n) is 2.63. The Bertz CT molecular complexity index is 282. The van der Waals surface area contributed by atoms with Crippen LogP contribution in [0.1, 0.15) is 0 Å². The number of hydrogen-bond donors (Lipinski definition) is 0. The largest absolute Gasteiger partial charge is 0.206 e. The maximum absolute atomic E-state index is 12.8. The monoisotopic (exact) mass is 253 g/mol. The van der Waals surface area contributed by atoms with Gasteiger partial charge in [-0.1, -0.05) is 11.6 Å². The molecule has 0 saturated heterocycles. The Labute approximate surface area is 81.9 Å². The van der Waals surface area contributed by atoms with Crippen LogP contribution in [-0.4, -0.2) is 0 Å². The molecule has 0 N–H and O–H groups in total. The highest BCUT2D eigenvalue weighted by atomic mass is 79.9. The maximum Gasteiger partial charge on any atom is 0.141 e. The number of nitrogens with zero attached hydrogens (tertiary/aromatic N) is 1. The molecule has 0 aromatic heterocycles. The Morgan fingerprint density at radius 1 is 1.55 bits per heavy atom. The van der Waals surface area contributed by atoms with E-state index in [-0.39, 0.29) is 9.50 Å². The smallest absolute Gasteiger partial charge is 0.141 e. The van der Waals surface area contributed by atoms with E-state index in [1.165, 1.54) is 12.1 Å². The van der Waals surface area contributed by atoms with Gasteiger partial charge in [-0.2, -0.15) is 4.36 Å². The number of halogens is 3. The lowest BCUT2D eigenvalue weighted by atomic mass is 10.3. The fourth-order valence-electron chi connectivity index (χ4n) is 0.595. The van der Waals surface area contributed by atoms with E-state index < -0.39 is 5.82 Å². The van der Waals surface area contributed by atoms with E-state index in [1.54, 1.807) is 0 Å². The van der Waals surface area contributed by atoms with Crippen LogP contribution in [0.5, 0.6) is 0 Å². The van der Waals surface area contributed by atoms with Crippen LogP contribution < -0.4 is 0 Å². The van der Waals surface area contributed by atoms with Crippen LogP contribution in [0.3, 0.4) is 0 Å². The van der Waals surface area contributed by atoms with Crippen molar-refractivity contribution >= 4 is 45.6 Å². The second-order valence-corrected chi connectivity index (χ2v) is 3.20. The summed E-state index contributed by atoms with van der Waals surface area (Å²) in [4.78, 5) is 0. The van der Waals surface area contributed by atoms with Gasteiger partial charge in [0.1, 0.15) is 5.82 Å². The minimum absolute atomic E-state index is 0.238. The molecule has 0 spiro atoms. The lowest BCUT2D eigenvalue weighted by Crippen LogP contribution is -1.77. The molecule has 0 amide bonds. The fraction of sp³-hybridized carbons (Fsp3) is 0. The molecule has 0 aliphatic rings. The van der Waals surface area contributed by atoms with Gasteiger partial charge in [0.05, 0.1) is 15.2 Å². The van der Waals surface area contributed by atoms with Gasteiger partial charge in [0.25, 0.3) is 0 Å². The van der Waals surface area contributed by atoms with E-state index in [0.29, 0.717) is 5.69 Å². The molecule has 1 nitrogen and oxygen atoms in total. The summed E-state index contributed by atoms with van der Waals surface area (Å²) in [5.41, 5.74) is 0.353. The third kappa shape index (κ3) is 1.95. The van der Waals surface area contributed by atoms with Crippen molar-refractivity contribution in [3.63, 3.8) is 0 Å². The third-order valence-electron chi connectivity index (χ3n) is 1.07. The molecule has 0 aliphatic carbocycles. The predicted molar refractivity (Wildman–Crippen MR) is 48.6 cm³/mol. The third-order valence-corrected chi connectivity index (χ3v) is 2.62. The molecule has 1 aromatic rings. The van der Waals surface area contributed by atoms with Crippen molar-refractivity contribution in [2.75, 3.05) is 0 Å². The van der Waals surface area contributed by atoms with Crippen LogP contribution >= 0.6 is 27.5 Å². The van der Waals surface area contributed by atoms with Gasteiger partial charge in [-0.25, -0.2) is 4.39 Å². The van der Waals surface area contributed by atoms with E-state index in [9.17, 15) is 4.39 Å². The average Bonchev–Trinajstić information content (AvgIpc) is 1.99. The summed E-state index contributed by atoms with van der Waals surface area (Å²) in [5.74, 6) is -0.457. The molecule has 0 fully saturated rings. The van der Waals surface area contributed by atoms with Gasteiger partial charge in [-0.15, -0.1) is 0 Å². The molecular weight excluding hydrogens is 252 g/mol. The fourth-order valence-corrected chi connectivity index (χ4v) is 1.13. The van der Waals surface area contributed by atoms with Crippen molar-refractivity contribution < 1.29 is 4.39 Å². The molecule has 0 atom stereocenters. The summed E-state index contributed by atoms with van der Waals surface area (Å²) in [6.45, 7) is 0. The number of rotatable bonds is 1. The summed E-state index contributed by atoms with van der Waals surface area (Å²) in [7, 11) is 0. The Hall–Kier alpha value is -0.0600. The van der Waals surface area contributed by atoms with E-state index >= 15 is 0 Å². The highest BCUT2D eigenvalue weighted by Gasteiger charge is 2.05. The molecule has 0 unspecified atom stereocenters. The quantitative estimate of drug-likeness (QED) is 0.698. The van der Waals surface area contributed by atoms with Crippen molar-refractivity contribution in [1.82, 2.24) is 0 Å². The number of benzene rings is 1. The van der Waals surface area contributed by atoms with Crippen LogP contribution in [-0.2, 0) is 12.4 Å². The van der Waals surface area contributed by atoms with Crippen LogP contribution in [0.25, 0.3) is 0 Å². The van der Waals surface area contributed by atoms with Gasteiger partial charge in [0, 0.05) is 18.5 Å². The number of hydrogen-bond acceptors (Lipinski definition) is 2. The van der Waals surface area contributed by atoms with Gasteiger partial charge in [0.2, 0.25) is 0 Å². The molecule has 0 aliphatic heterocycles. The highest BCUT2D eigenvalue weighted by Crippen LogP contribution is 2.29. The van der Waals surface area contributed by atoms with Crippen LogP contribution in [0.15, 0.2) is 21.0 Å². The second kappa shape index (κ2) is 3.56. The normalized spacial score (nSPS) is 9.73. The van der Waals surface area contributed by atoms with Crippen molar-refractivity contribution in [2.45, 2.75) is 0 Å². The van der Waals surface area contributed by atoms with E-state index in [2.05, 4.69) is 32.7 Å². The van der Waals surface area contributed by atoms with Crippen molar-refractivity contribution in [3.05, 3.63) is 27.4 Å². The van der Waals surface area contributed by atoms with Crippen molar-refractivity contribution in [1.29, 1.82) is 0 Å². The molecular formula is C6H2BrClFNS. The molecule has 5 heteroatoms. The topological polar surface area (TPSA) is 12.4 Å². The Morgan fingerprint density at radius 3 is 2.64 bits per heavy atom. The lowest BCUT2D eigenvalue weighted by molar-refractivity contribution is 0.621. The Kier molecular flexibility index (Phi) is 2.92. The molecule has 0 bridgehead atoms. The van der Waals surface area contributed by atoms with Crippen LogP contribution in [0.4, 0.5) is 10.1 Å². The summed E-state index contributed by atoms with van der Waals surface area (Å²) in [5, 5.41) is 0.272. The van der Waals surface area contributed by atoms with Crippen molar-refractivity contribution in [3.8, 4) is 0 Å². The van der Waals surface area contributed by atoms with Gasteiger partial charge in [-0.3, -0.25) is 0 Å². The first-order chi connectivity index (χ1) is 5.15. The first kappa shape index (κ1) is 9.03. The van der Waals surface area contributed by atoms with Crippen molar-refractivity contribution in [2.24, 2.45) is 4.36 Å². The minimum Gasteiger partial charge on any atom is -0.206 e. The molecule has 58 valence electrons. The zero-order valence-corrected chi connectivity index (χ0v) is 8.30. The van der Waals surface area contributed by atoms with E-state index in [1.807, 2.05) is 0 Å². The summed E-state index contributed by atoms with van der Waals surface area (Å²) < 4.78 is 16.4. The second-order valence-electron chi connectivity index (χ2n) is 1.81. The highest BCUT2D eigenvalue weighted by molar-refractivity contribution is 9.10. The molecule has 1 aromatic carbocycles. The predicted octanol–water partition coefficient (Wildman–Crippen LogP) is 3.60. The minimum atomic E-state index is -0.457. The lowest BCUT2D eigenvalue weighted by Gasteiger charge is -1.97.